The monoisotopic (exact) mass is 388 g/mol. The number of amides is 2. The average molecular weight is 389 g/mol. The van der Waals surface area contributed by atoms with E-state index in [1.165, 1.54) is 10.9 Å². The lowest BCUT2D eigenvalue weighted by molar-refractivity contribution is 0.0898. The first kappa shape index (κ1) is 18.6. The van der Waals surface area contributed by atoms with Crippen LogP contribution in [0.5, 0.6) is 0 Å². The van der Waals surface area contributed by atoms with Gasteiger partial charge in [0.1, 0.15) is 6.54 Å². The van der Waals surface area contributed by atoms with Crippen molar-refractivity contribution in [2.75, 3.05) is 13.1 Å². The Morgan fingerprint density at radius 2 is 2.00 bits per heavy atom. The van der Waals surface area contributed by atoms with Crippen LogP contribution in [0.1, 0.15) is 32.4 Å². The van der Waals surface area contributed by atoms with Crippen LogP contribution in [0.4, 0.5) is 0 Å². The molecule has 2 N–H and O–H groups in total. The zero-order valence-corrected chi connectivity index (χ0v) is 15.2. The maximum atomic E-state index is 12.0. The molecule has 0 aliphatic heterocycles. The Kier molecular flexibility index (Phi) is 5.82. The molecule has 10 heteroatoms. The van der Waals surface area contributed by atoms with Gasteiger partial charge in [0, 0.05) is 24.8 Å². The van der Waals surface area contributed by atoms with Gasteiger partial charge in [0.05, 0.1) is 11.2 Å². The van der Waals surface area contributed by atoms with Crippen LogP contribution >= 0.6 is 11.6 Å². The van der Waals surface area contributed by atoms with Gasteiger partial charge in [-0.15, -0.1) is 0 Å². The fraction of sp³-hybridized carbons (Fsp3) is 0.235. The molecule has 2 amide bonds. The van der Waals surface area contributed by atoms with Gasteiger partial charge in [0.2, 0.25) is 0 Å². The lowest BCUT2D eigenvalue weighted by Crippen LogP contribution is -2.34. The molecular formula is C17H17ClN6O3. The molecule has 0 saturated heterocycles. The summed E-state index contributed by atoms with van der Waals surface area (Å²) in [6.45, 7) is 2.64. The lowest BCUT2D eigenvalue weighted by Gasteiger charge is -2.06. The predicted octanol–water partition coefficient (Wildman–Crippen LogP) is 1.44. The Morgan fingerprint density at radius 1 is 1.22 bits per heavy atom. The number of aromatic nitrogens is 4. The standard InChI is InChI=1S/C17H17ClN6O3/c1-11-3-2-4-12(7-11)15(25)19-5-6-20-16(26)17-22-14(23-27-17)10-24-9-13(18)8-21-24/h2-4,7-9H,5-6,10H2,1H3,(H,19,25)(H,20,26). The van der Waals surface area contributed by atoms with Gasteiger partial charge in [0.15, 0.2) is 5.82 Å². The third-order valence-electron chi connectivity index (χ3n) is 3.54. The van der Waals surface area contributed by atoms with Crippen molar-refractivity contribution >= 4 is 23.4 Å². The number of hydrogen-bond donors (Lipinski definition) is 2. The largest absolute Gasteiger partial charge is 0.350 e. The number of aryl methyl sites for hydroxylation is 1. The Bertz CT molecular complexity index is 952. The van der Waals surface area contributed by atoms with Crippen LogP contribution in [-0.4, -0.2) is 44.8 Å². The minimum Gasteiger partial charge on any atom is -0.350 e. The van der Waals surface area contributed by atoms with E-state index in [1.54, 1.807) is 18.3 Å². The number of benzene rings is 1. The Hall–Kier alpha value is -3.20. The molecule has 0 unspecified atom stereocenters. The molecule has 140 valence electrons. The average Bonchev–Trinajstić information content (AvgIpc) is 3.28. The fourth-order valence-corrected chi connectivity index (χ4v) is 2.45. The zero-order valence-electron chi connectivity index (χ0n) is 14.5. The fourth-order valence-electron chi connectivity index (χ4n) is 2.30. The third kappa shape index (κ3) is 5.14. The highest BCUT2D eigenvalue weighted by molar-refractivity contribution is 6.30. The van der Waals surface area contributed by atoms with Crippen LogP contribution in [0.25, 0.3) is 0 Å². The Labute approximate surface area is 159 Å². The Morgan fingerprint density at radius 3 is 2.70 bits per heavy atom. The number of carbonyl (C=O) groups is 2. The van der Waals surface area contributed by atoms with Gasteiger partial charge in [0.25, 0.3) is 5.91 Å². The first-order valence-corrected chi connectivity index (χ1v) is 8.52. The number of nitrogens with one attached hydrogen (secondary N) is 2. The van der Waals surface area contributed by atoms with Crippen LogP contribution in [0.2, 0.25) is 5.02 Å². The van der Waals surface area contributed by atoms with Gasteiger partial charge in [-0.2, -0.15) is 10.1 Å². The van der Waals surface area contributed by atoms with E-state index in [-0.39, 0.29) is 31.4 Å². The highest BCUT2D eigenvalue weighted by atomic mass is 35.5. The molecule has 0 aliphatic carbocycles. The molecule has 9 nitrogen and oxygen atoms in total. The molecule has 0 fully saturated rings. The highest BCUT2D eigenvalue weighted by Gasteiger charge is 2.15. The second-order valence-electron chi connectivity index (χ2n) is 5.75. The summed E-state index contributed by atoms with van der Waals surface area (Å²) in [5, 5.41) is 13.5. The van der Waals surface area contributed by atoms with E-state index in [0.29, 0.717) is 16.4 Å². The minimum absolute atomic E-state index is 0.159. The molecule has 0 saturated carbocycles. The van der Waals surface area contributed by atoms with E-state index >= 15 is 0 Å². The van der Waals surface area contributed by atoms with Crippen molar-refractivity contribution in [2.45, 2.75) is 13.5 Å². The van der Waals surface area contributed by atoms with E-state index in [4.69, 9.17) is 16.1 Å². The molecule has 0 radical (unpaired) electrons. The molecule has 2 aromatic heterocycles. The van der Waals surface area contributed by atoms with Gasteiger partial charge >= 0.3 is 11.8 Å². The second kappa shape index (κ2) is 8.45. The number of hydrogen-bond acceptors (Lipinski definition) is 6. The third-order valence-corrected chi connectivity index (χ3v) is 3.74. The van der Waals surface area contributed by atoms with Crippen molar-refractivity contribution in [3.63, 3.8) is 0 Å². The van der Waals surface area contributed by atoms with Crippen molar-refractivity contribution in [1.29, 1.82) is 0 Å². The topological polar surface area (TPSA) is 115 Å². The number of carbonyl (C=O) groups excluding carboxylic acids is 2. The van der Waals surface area contributed by atoms with Crippen molar-refractivity contribution in [1.82, 2.24) is 30.6 Å². The van der Waals surface area contributed by atoms with Gasteiger partial charge in [-0.3, -0.25) is 14.3 Å². The summed E-state index contributed by atoms with van der Waals surface area (Å²) in [5.41, 5.74) is 1.57. The first-order chi connectivity index (χ1) is 13.0. The number of nitrogens with zero attached hydrogens (tertiary/aromatic N) is 4. The van der Waals surface area contributed by atoms with Crippen LogP contribution < -0.4 is 10.6 Å². The summed E-state index contributed by atoms with van der Waals surface area (Å²) < 4.78 is 6.46. The highest BCUT2D eigenvalue weighted by Crippen LogP contribution is 2.07. The van der Waals surface area contributed by atoms with E-state index in [9.17, 15) is 9.59 Å². The minimum atomic E-state index is -0.517. The number of halogens is 1. The SMILES string of the molecule is Cc1cccc(C(=O)NCCNC(=O)c2nc(Cn3cc(Cl)cn3)no2)c1. The van der Waals surface area contributed by atoms with Gasteiger partial charge < -0.3 is 15.2 Å². The van der Waals surface area contributed by atoms with Crippen molar-refractivity contribution in [3.05, 3.63) is 64.5 Å². The van der Waals surface area contributed by atoms with Gasteiger partial charge in [-0.05, 0) is 19.1 Å². The molecule has 3 aromatic rings. The Balaban J connectivity index is 1.43. The van der Waals surface area contributed by atoms with Crippen LogP contribution in [0.15, 0.2) is 41.2 Å². The van der Waals surface area contributed by atoms with Crippen molar-refractivity contribution in [3.8, 4) is 0 Å². The molecule has 0 bridgehead atoms. The molecule has 1 aromatic carbocycles. The summed E-state index contributed by atoms with van der Waals surface area (Å²) in [6, 6.07) is 7.25. The van der Waals surface area contributed by atoms with Gasteiger partial charge in [-0.1, -0.05) is 34.5 Å². The van der Waals surface area contributed by atoms with E-state index < -0.39 is 5.91 Å². The summed E-state index contributed by atoms with van der Waals surface area (Å²) in [7, 11) is 0. The van der Waals surface area contributed by atoms with Crippen molar-refractivity contribution in [2.24, 2.45) is 0 Å². The lowest BCUT2D eigenvalue weighted by atomic mass is 10.1. The first-order valence-electron chi connectivity index (χ1n) is 8.15. The van der Waals surface area contributed by atoms with E-state index in [1.807, 2.05) is 19.1 Å². The maximum absolute atomic E-state index is 12.0. The molecule has 0 aliphatic rings. The molecule has 3 rings (SSSR count). The van der Waals surface area contributed by atoms with Crippen LogP contribution in [-0.2, 0) is 6.54 Å². The second-order valence-corrected chi connectivity index (χ2v) is 6.19. The molecule has 2 heterocycles. The molecule has 0 atom stereocenters. The summed E-state index contributed by atoms with van der Waals surface area (Å²) >= 11 is 5.78. The summed E-state index contributed by atoms with van der Waals surface area (Å²) in [5.74, 6) is -0.580. The van der Waals surface area contributed by atoms with Crippen molar-refractivity contribution < 1.29 is 14.1 Å². The predicted molar refractivity (Wildman–Crippen MR) is 96.5 cm³/mol. The van der Waals surface area contributed by atoms with Crippen LogP contribution in [0, 0.1) is 6.92 Å². The normalized spacial score (nSPS) is 10.6. The van der Waals surface area contributed by atoms with Crippen LogP contribution in [0.3, 0.4) is 0 Å². The maximum Gasteiger partial charge on any atom is 0.316 e. The van der Waals surface area contributed by atoms with E-state index in [0.717, 1.165) is 5.56 Å². The summed E-state index contributed by atoms with van der Waals surface area (Å²) in [4.78, 5) is 28.0. The smallest absolute Gasteiger partial charge is 0.316 e. The summed E-state index contributed by atoms with van der Waals surface area (Å²) in [6.07, 6.45) is 3.09. The van der Waals surface area contributed by atoms with E-state index in [2.05, 4.69) is 25.9 Å². The number of rotatable bonds is 7. The van der Waals surface area contributed by atoms with Gasteiger partial charge in [-0.25, -0.2) is 0 Å². The molecular weight excluding hydrogens is 372 g/mol. The molecule has 0 spiro atoms. The quantitative estimate of drug-likeness (QED) is 0.592. The zero-order chi connectivity index (χ0) is 19.2. The molecule has 27 heavy (non-hydrogen) atoms.